The van der Waals surface area contributed by atoms with E-state index in [1.807, 2.05) is 0 Å². The molecule has 12 nitrogen and oxygen atoms in total. The number of aromatic amines is 1. The molecule has 0 aliphatic carbocycles. The minimum atomic E-state index is -3.43. The van der Waals surface area contributed by atoms with Crippen molar-refractivity contribution in [2.75, 3.05) is 6.61 Å². The van der Waals surface area contributed by atoms with Crippen molar-refractivity contribution in [3.63, 3.8) is 0 Å². The second-order valence-corrected chi connectivity index (χ2v) is 11.9. The molecule has 0 bridgehead atoms. The highest BCUT2D eigenvalue weighted by Gasteiger charge is 2.53. The molecule has 1 aromatic carbocycles. The van der Waals surface area contributed by atoms with Gasteiger partial charge in [0, 0.05) is 12.3 Å². The van der Waals surface area contributed by atoms with E-state index in [0.717, 1.165) is 16.8 Å². The van der Waals surface area contributed by atoms with Gasteiger partial charge in [0.05, 0.1) is 12.7 Å². The number of H-pyrrole nitrogens is 1. The monoisotopic (exact) mass is 543 g/mol. The highest BCUT2D eigenvalue weighted by Crippen LogP contribution is 2.47. The van der Waals surface area contributed by atoms with Gasteiger partial charge in [-0.25, -0.2) is 9.88 Å². The Kier molecular flexibility index (Phi) is 8.88. The van der Waals surface area contributed by atoms with Gasteiger partial charge in [-0.2, -0.15) is 0 Å². The lowest BCUT2D eigenvalue weighted by Crippen LogP contribution is -2.47. The van der Waals surface area contributed by atoms with Crippen LogP contribution in [0.25, 0.3) is 0 Å². The minimum absolute atomic E-state index is 0.340. The maximum atomic E-state index is 12.4. The Hall–Kier alpha value is -2.38. The molecule has 0 radical (unpaired) electrons. The zero-order chi connectivity index (χ0) is 26.7. The molecule has 36 heavy (non-hydrogen) atoms. The summed E-state index contributed by atoms with van der Waals surface area (Å²) in [4.78, 5) is 38.1. The molecule has 0 saturated carbocycles. The number of benzene rings is 1. The first-order chi connectivity index (χ1) is 16.8. The van der Waals surface area contributed by atoms with Crippen LogP contribution in [-0.4, -0.2) is 62.3 Å². The molecule has 4 N–H and O–H groups in total. The van der Waals surface area contributed by atoms with Crippen LogP contribution in [-0.2, 0) is 30.6 Å². The Morgan fingerprint density at radius 3 is 2.56 bits per heavy atom. The number of hydrogen-bond acceptors (Lipinski definition) is 10. The molecule has 6 atom stereocenters. The third kappa shape index (κ3) is 6.68. The summed E-state index contributed by atoms with van der Waals surface area (Å²) in [5.74, 6) is -0.174. The Labute approximate surface area is 212 Å². The van der Waals surface area contributed by atoms with Crippen LogP contribution in [0.4, 0.5) is 0 Å². The van der Waals surface area contributed by atoms with Crippen LogP contribution >= 0.6 is 6.64 Å². The summed E-state index contributed by atoms with van der Waals surface area (Å²) in [5.41, 5.74) is -3.36. The van der Waals surface area contributed by atoms with Gasteiger partial charge in [-0.15, -0.1) is 0 Å². The van der Waals surface area contributed by atoms with Gasteiger partial charge in [-0.05, 0) is 51.6 Å². The lowest BCUT2D eigenvalue weighted by Gasteiger charge is -2.28. The Bertz CT molecular complexity index is 1220. The van der Waals surface area contributed by atoms with E-state index in [0.29, 0.717) is 5.75 Å². The second-order valence-electron chi connectivity index (χ2n) is 8.75. The van der Waals surface area contributed by atoms with E-state index in [1.165, 1.54) is 6.92 Å². The van der Waals surface area contributed by atoms with Crippen molar-refractivity contribution in [1.82, 2.24) is 14.6 Å². The average molecular weight is 544 g/mol. The zero-order valence-corrected chi connectivity index (χ0v) is 21.9. The van der Waals surface area contributed by atoms with Crippen LogP contribution < -0.4 is 20.9 Å². The number of nitrogens with zero attached hydrogens (tertiary/aromatic N) is 1. The van der Waals surface area contributed by atoms with Crippen LogP contribution in [0.5, 0.6) is 5.75 Å². The molecular weight excluding hydrogens is 513 g/mol. The van der Waals surface area contributed by atoms with E-state index in [-0.39, 0.29) is 12.7 Å². The largest absolute Gasteiger partial charge is 0.462 e. The molecule has 0 amide bonds. The maximum Gasteiger partial charge on any atom is 0.330 e. The van der Waals surface area contributed by atoms with E-state index in [9.17, 15) is 24.6 Å². The molecule has 1 saturated heterocycles. The fourth-order valence-corrected chi connectivity index (χ4v) is 5.91. The third-order valence-electron chi connectivity index (χ3n) is 5.29. The third-order valence-corrected chi connectivity index (χ3v) is 7.79. The van der Waals surface area contributed by atoms with Gasteiger partial charge < -0.3 is 28.7 Å². The van der Waals surface area contributed by atoms with E-state index in [4.69, 9.17) is 30.3 Å². The highest BCUT2D eigenvalue weighted by atomic mass is 32.5. The van der Waals surface area contributed by atoms with Crippen LogP contribution in [0, 0.1) is 0 Å². The van der Waals surface area contributed by atoms with Crippen molar-refractivity contribution in [3.05, 3.63) is 63.4 Å². The number of aliphatic hydroxyl groups excluding tert-OH is 1. The number of esters is 1. The SMILES string of the molecule is CC(C)OC(=O)[C@H](C)N[P@](=S)(OC[C@H]1OC(n2ccc(=O)[nH]c2=O)[C@](C)(O)[C@@H]1O)Oc1ccccc1. The van der Waals surface area contributed by atoms with Gasteiger partial charge in [-0.1, -0.05) is 18.2 Å². The zero-order valence-electron chi connectivity index (χ0n) is 20.2. The number of aliphatic hydroxyl groups is 2. The van der Waals surface area contributed by atoms with Crippen LogP contribution in [0.2, 0.25) is 0 Å². The summed E-state index contributed by atoms with van der Waals surface area (Å²) in [7, 11) is 0. The fraction of sp³-hybridized carbons (Fsp3) is 0.500. The van der Waals surface area contributed by atoms with E-state index < -0.39 is 53.9 Å². The van der Waals surface area contributed by atoms with Crippen LogP contribution in [0.15, 0.2) is 52.2 Å². The van der Waals surface area contributed by atoms with Gasteiger partial charge >= 0.3 is 18.3 Å². The second kappa shape index (κ2) is 11.3. The average Bonchev–Trinajstić information content (AvgIpc) is 3.01. The lowest BCUT2D eigenvalue weighted by atomic mass is 9.96. The van der Waals surface area contributed by atoms with Crippen molar-refractivity contribution >= 4 is 24.4 Å². The molecule has 2 aromatic rings. The molecule has 14 heteroatoms. The molecule has 0 spiro atoms. The summed E-state index contributed by atoms with van der Waals surface area (Å²) >= 11 is 5.63. The molecule has 198 valence electrons. The molecule has 1 unspecified atom stereocenters. The molecular formula is C22H30N3O9PS. The van der Waals surface area contributed by atoms with Crippen molar-refractivity contribution in [2.45, 2.75) is 63.9 Å². The number of hydrogen-bond donors (Lipinski definition) is 4. The summed E-state index contributed by atoms with van der Waals surface area (Å²) in [5, 5.41) is 24.5. The number of rotatable bonds is 10. The first-order valence-corrected chi connectivity index (χ1v) is 13.8. The highest BCUT2D eigenvalue weighted by molar-refractivity contribution is 8.09. The minimum Gasteiger partial charge on any atom is -0.462 e. The van der Waals surface area contributed by atoms with Gasteiger partial charge in [0.25, 0.3) is 5.56 Å². The summed E-state index contributed by atoms with van der Waals surface area (Å²) in [6.45, 7) is 2.49. The molecule has 1 aliphatic rings. The van der Waals surface area contributed by atoms with Crippen molar-refractivity contribution in [2.24, 2.45) is 0 Å². The molecule has 3 rings (SSSR count). The summed E-state index contributed by atoms with van der Waals surface area (Å²) in [6, 6.07) is 8.79. The Morgan fingerprint density at radius 1 is 1.28 bits per heavy atom. The van der Waals surface area contributed by atoms with Gasteiger partial charge in [0.1, 0.15) is 29.6 Å². The van der Waals surface area contributed by atoms with Gasteiger partial charge in [0.2, 0.25) is 0 Å². The number of para-hydroxylation sites is 1. The number of ether oxygens (including phenoxy) is 2. The molecule has 1 aromatic heterocycles. The molecule has 2 heterocycles. The van der Waals surface area contributed by atoms with Gasteiger partial charge in [-0.3, -0.25) is 19.1 Å². The van der Waals surface area contributed by atoms with Gasteiger partial charge in [0.15, 0.2) is 6.23 Å². The van der Waals surface area contributed by atoms with E-state index in [1.54, 1.807) is 51.1 Å². The smallest absolute Gasteiger partial charge is 0.330 e. The standard InChI is InChI=1S/C22H30N3O9PS/c1-13(2)32-19(28)14(3)24-35(36,34-15-8-6-5-7-9-15)31-12-16-18(27)22(4,30)20(33-16)25-11-10-17(26)23-21(25)29/h5-11,13-14,16,18,20,27,30H,12H2,1-4H3,(H,24,36)(H,23,26,29)/t14-,16+,18+,20?,22+,35-/m0/s1. The number of nitrogens with one attached hydrogen (secondary N) is 2. The summed E-state index contributed by atoms with van der Waals surface area (Å²) < 4.78 is 23.7. The van der Waals surface area contributed by atoms with Crippen molar-refractivity contribution < 1.29 is 33.5 Å². The normalized spacial score (nSPS) is 26.4. The quantitative estimate of drug-likeness (QED) is 0.248. The van der Waals surface area contributed by atoms with Crippen molar-refractivity contribution in [3.8, 4) is 5.75 Å². The maximum absolute atomic E-state index is 12.4. The van der Waals surface area contributed by atoms with Crippen LogP contribution in [0.1, 0.15) is 33.9 Å². The number of carbonyl (C=O) groups is 1. The molecule has 1 aliphatic heterocycles. The Balaban J connectivity index is 1.80. The van der Waals surface area contributed by atoms with E-state index in [2.05, 4.69) is 10.1 Å². The first-order valence-electron chi connectivity index (χ1n) is 11.2. The molecule has 1 fully saturated rings. The predicted octanol–water partition coefficient (Wildman–Crippen LogP) is 0.796. The van der Waals surface area contributed by atoms with Crippen LogP contribution in [0.3, 0.4) is 0 Å². The fourth-order valence-electron chi connectivity index (χ4n) is 3.50. The predicted molar refractivity (Wildman–Crippen MR) is 133 cm³/mol. The number of aromatic nitrogens is 2. The van der Waals surface area contributed by atoms with E-state index >= 15 is 0 Å². The number of carbonyl (C=O) groups excluding carboxylic acids is 1. The topological polar surface area (TPSA) is 161 Å². The first kappa shape index (κ1) is 28.2. The van der Waals surface area contributed by atoms with Crippen molar-refractivity contribution in [1.29, 1.82) is 0 Å². The lowest BCUT2D eigenvalue weighted by molar-refractivity contribution is -0.149. The Morgan fingerprint density at radius 2 is 1.94 bits per heavy atom. The summed E-state index contributed by atoms with van der Waals surface area (Å²) in [6.07, 6.45) is -3.14.